The molecular formula is C20H11Cl2F2N3. The predicted octanol–water partition coefficient (Wildman–Crippen LogP) is 6.63. The van der Waals surface area contributed by atoms with Crippen LogP contribution in [0.5, 0.6) is 0 Å². The summed E-state index contributed by atoms with van der Waals surface area (Å²) in [6.07, 6.45) is 3.36. The fourth-order valence-electron chi connectivity index (χ4n) is 2.72. The highest BCUT2D eigenvalue weighted by Gasteiger charge is 2.12. The summed E-state index contributed by atoms with van der Waals surface area (Å²) in [7, 11) is 0. The Morgan fingerprint density at radius 2 is 1.70 bits per heavy atom. The van der Waals surface area contributed by atoms with Crippen LogP contribution in [0.3, 0.4) is 0 Å². The van der Waals surface area contributed by atoms with Gasteiger partial charge in [-0.25, -0.2) is 13.8 Å². The number of fused-ring (bicyclic) bond motifs is 1. The number of rotatable bonds is 3. The standard InChI is InChI=1S/C20H11Cl2F2N3/c21-15-6-12-7-19(11-2-1-5-25-10-11)27-20(14(12)9-16(15)22)26-13-3-4-17(23)18(24)8-13/h1-10H,(H,26,27). The van der Waals surface area contributed by atoms with Gasteiger partial charge >= 0.3 is 0 Å². The number of pyridine rings is 2. The SMILES string of the molecule is Fc1ccc(Nc2nc(-c3cccnc3)cc3cc(Cl)c(Cl)cc23)cc1F. The van der Waals surface area contributed by atoms with Gasteiger partial charge in [0.05, 0.1) is 15.7 Å². The van der Waals surface area contributed by atoms with E-state index >= 15 is 0 Å². The molecule has 2 heterocycles. The van der Waals surface area contributed by atoms with Gasteiger partial charge in [-0.1, -0.05) is 23.2 Å². The lowest BCUT2D eigenvalue weighted by Gasteiger charge is -2.13. The summed E-state index contributed by atoms with van der Waals surface area (Å²) in [6.45, 7) is 0. The first-order chi connectivity index (χ1) is 13.0. The molecule has 0 saturated carbocycles. The Kier molecular flexibility index (Phi) is 4.64. The van der Waals surface area contributed by atoms with Crippen molar-refractivity contribution in [3.05, 3.63) is 82.6 Å². The van der Waals surface area contributed by atoms with Gasteiger partial charge in [-0.2, -0.15) is 0 Å². The van der Waals surface area contributed by atoms with Gasteiger partial charge in [0.1, 0.15) is 5.82 Å². The number of hydrogen-bond acceptors (Lipinski definition) is 3. The Hall–Kier alpha value is -2.76. The summed E-state index contributed by atoms with van der Waals surface area (Å²) < 4.78 is 26.8. The van der Waals surface area contributed by atoms with Gasteiger partial charge in [-0.15, -0.1) is 0 Å². The van der Waals surface area contributed by atoms with E-state index < -0.39 is 11.6 Å². The van der Waals surface area contributed by atoms with Gasteiger partial charge in [0.25, 0.3) is 0 Å². The largest absolute Gasteiger partial charge is 0.340 e. The number of hydrogen-bond donors (Lipinski definition) is 1. The van der Waals surface area contributed by atoms with E-state index in [1.54, 1.807) is 30.6 Å². The molecule has 1 N–H and O–H groups in total. The summed E-state index contributed by atoms with van der Waals surface area (Å²) in [5.41, 5.74) is 1.81. The van der Waals surface area contributed by atoms with Crippen LogP contribution in [0, 0.1) is 11.6 Å². The molecule has 3 nitrogen and oxygen atoms in total. The highest BCUT2D eigenvalue weighted by atomic mass is 35.5. The third kappa shape index (κ3) is 3.56. The van der Waals surface area contributed by atoms with Crippen molar-refractivity contribution in [2.75, 3.05) is 5.32 Å². The van der Waals surface area contributed by atoms with E-state index in [9.17, 15) is 8.78 Å². The molecule has 0 bridgehead atoms. The topological polar surface area (TPSA) is 37.8 Å². The highest BCUT2D eigenvalue weighted by molar-refractivity contribution is 6.43. The minimum Gasteiger partial charge on any atom is -0.340 e. The number of halogens is 4. The Bertz CT molecular complexity index is 1150. The van der Waals surface area contributed by atoms with Gasteiger partial charge < -0.3 is 5.32 Å². The van der Waals surface area contributed by atoms with Crippen LogP contribution < -0.4 is 5.32 Å². The van der Waals surface area contributed by atoms with Crippen molar-refractivity contribution in [2.24, 2.45) is 0 Å². The van der Waals surface area contributed by atoms with Gasteiger partial charge in [0.15, 0.2) is 11.6 Å². The van der Waals surface area contributed by atoms with E-state index in [-0.39, 0.29) is 0 Å². The van der Waals surface area contributed by atoms with Gasteiger partial charge in [0, 0.05) is 35.1 Å². The van der Waals surface area contributed by atoms with Crippen LogP contribution in [-0.4, -0.2) is 9.97 Å². The predicted molar refractivity (Wildman–Crippen MR) is 105 cm³/mol. The van der Waals surface area contributed by atoms with Crippen LogP contribution in [0.15, 0.2) is 60.9 Å². The van der Waals surface area contributed by atoms with Crippen molar-refractivity contribution < 1.29 is 8.78 Å². The van der Waals surface area contributed by atoms with Crippen molar-refractivity contribution >= 4 is 45.5 Å². The molecule has 0 aliphatic carbocycles. The maximum atomic E-state index is 13.6. The second kappa shape index (κ2) is 7.10. The average Bonchev–Trinajstić information content (AvgIpc) is 2.67. The molecule has 27 heavy (non-hydrogen) atoms. The van der Waals surface area contributed by atoms with E-state index in [2.05, 4.69) is 15.3 Å². The number of aromatic nitrogens is 2. The maximum absolute atomic E-state index is 13.6. The molecular weight excluding hydrogens is 391 g/mol. The summed E-state index contributed by atoms with van der Waals surface area (Å²) in [4.78, 5) is 8.73. The van der Waals surface area contributed by atoms with E-state index in [0.29, 0.717) is 32.6 Å². The normalized spacial score (nSPS) is 11.0. The number of benzene rings is 2. The smallest absolute Gasteiger partial charge is 0.160 e. The molecule has 0 radical (unpaired) electrons. The molecule has 0 spiro atoms. The quantitative estimate of drug-likeness (QED) is 0.418. The minimum absolute atomic E-state index is 0.358. The molecule has 0 atom stereocenters. The Balaban J connectivity index is 1.90. The molecule has 4 rings (SSSR count). The highest BCUT2D eigenvalue weighted by Crippen LogP contribution is 2.35. The number of anilines is 2. The molecule has 0 saturated heterocycles. The summed E-state index contributed by atoms with van der Waals surface area (Å²) >= 11 is 12.3. The Morgan fingerprint density at radius 1 is 0.889 bits per heavy atom. The minimum atomic E-state index is -0.950. The molecule has 134 valence electrons. The first-order valence-corrected chi connectivity index (χ1v) is 8.69. The molecule has 2 aromatic heterocycles. The molecule has 0 amide bonds. The van der Waals surface area contributed by atoms with Crippen molar-refractivity contribution in [3.63, 3.8) is 0 Å². The number of nitrogens with one attached hydrogen (secondary N) is 1. The summed E-state index contributed by atoms with van der Waals surface area (Å²) in [6, 6.07) is 12.5. The molecule has 2 aromatic carbocycles. The second-order valence-corrected chi connectivity index (χ2v) is 6.65. The van der Waals surface area contributed by atoms with Crippen LogP contribution in [-0.2, 0) is 0 Å². The van der Waals surface area contributed by atoms with E-state index in [1.807, 2.05) is 12.1 Å². The second-order valence-electron chi connectivity index (χ2n) is 5.84. The molecule has 0 fully saturated rings. The fraction of sp³-hybridized carbons (Fsp3) is 0. The van der Waals surface area contributed by atoms with Gasteiger partial charge in [0.2, 0.25) is 0 Å². The number of nitrogens with zero attached hydrogens (tertiary/aromatic N) is 2. The third-order valence-corrected chi connectivity index (χ3v) is 4.73. The van der Waals surface area contributed by atoms with E-state index in [4.69, 9.17) is 23.2 Å². The monoisotopic (exact) mass is 401 g/mol. The van der Waals surface area contributed by atoms with Crippen LogP contribution in [0.2, 0.25) is 10.0 Å². The van der Waals surface area contributed by atoms with Crippen LogP contribution >= 0.6 is 23.2 Å². The summed E-state index contributed by atoms with van der Waals surface area (Å²) in [5, 5.41) is 5.30. The van der Waals surface area contributed by atoms with E-state index in [0.717, 1.165) is 23.1 Å². The van der Waals surface area contributed by atoms with Crippen molar-refractivity contribution in [3.8, 4) is 11.3 Å². The van der Waals surface area contributed by atoms with Crippen LogP contribution in [0.1, 0.15) is 0 Å². The lowest BCUT2D eigenvalue weighted by Crippen LogP contribution is -1.98. The summed E-state index contributed by atoms with van der Waals surface area (Å²) in [5.74, 6) is -1.43. The molecule has 0 unspecified atom stereocenters. The first kappa shape index (κ1) is 17.6. The Labute approximate surface area is 163 Å². The van der Waals surface area contributed by atoms with Crippen LogP contribution in [0.4, 0.5) is 20.3 Å². The molecule has 4 aromatic rings. The van der Waals surface area contributed by atoms with Crippen LogP contribution in [0.25, 0.3) is 22.0 Å². The zero-order valence-corrected chi connectivity index (χ0v) is 15.2. The maximum Gasteiger partial charge on any atom is 0.160 e. The molecule has 7 heteroatoms. The van der Waals surface area contributed by atoms with Crippen molar-refractivity contribution in [2.45, 2.75) is 0 Å². The zero-order chi connectivity index (χ0) is 19.0. The molecule has 0 aliphatic heterocycles. The molecule has 0 aliphatic rings. The van der Waals surface area contributed by atoms with Crippen molar-refractivity contribution in [1.82, 2.24) is 9.97 Å². The average molecular weight is 402 g/mol. The fourth-order valence-corrected chi connectivity index (χ4v) is 3.05. The lowest BCUT2D eigenvalue weighted by atomic mass is 10.1. The first-order valence-electron chi connectivity index (χ1n) is 7.93. The third-order valence-electron chi connectivity index (χ3n) is 4.01. The van der Waals surface area contributed by atoms with Crippen molar-refractivity contribution in [1.29, 1.82) is 0 Å². The lowest BCUT2D eigenvalue weighted by molar-refractivity contribution is 0.509. The van der Waals surface area contributed by atoms with E-state index in [1.165, 1.54) is 6.07 Å². The zero-order valence-electron chi connectivity index (χ0n) is 13.7. The van der Waals surface area contributed by atoms with Gasteiger partial charge in [-0.05, 0) is 47.9 Å². The van der Waals surface area contributed by atoms with Gasteiger partial charge in [-0.3, -0.25) is 4.98 Å². The Morgan fingerprint density at radius 3 is 2.44 bits per heavy atom.